The van der Waals surface area contributed by atoms with Gasteiger partial charge in [0, 0.05) is 0 Å². The molecule has 2 nitrogen and oxygen atoms in total. The van der Waals surface area contributed by atoms with E-state index in [4.69, 9.17) is 0 Å². The van der Waals surface area contributed by atoms with Crippen molar-refractivity contribution in [3.63, 3.8) is 0 Å². The molecular formula is C12H18O2S. The minimum Gasteiger partial charge on any atom is -0.385 e. The van der Waals surface area contributed by atoms with Crippen LogP contribution in [0.1, 0.15) is 41.9 Å². The average Bonchev–Trinajstić information content (AvgIpc) is 2.65. The summed E-state index contributed by atoms with van der Waals surface area (Å²) < 4.78 is 0. The molecule has 0 aliphatic heterocycles. The number of hydrogen-bond acceptors (Lipinski definition) is 3. The molecule has 84 valence electrons. The van der Waals surface area contributed by atoms with Crippen LogP contribution in [0.25, 0.3) is 0 Å². The topological polar surface area (TPSA) is 37.3 Å². The minimum absolute atomic E-state index is 0.0824. The third kappa shape index (κ3) is 2.67. The SMILES string of the molecule is CCC(CC)C(O)C(=O)c1sccc1C. The fourth-order valence-electron chi connectivity index (χ4n) is 1.71. The van der Waals surface area contributed by atoms with E-state index in [2.05, 4.69) is 0 Å². The van der Waals surface area contributed by atoms with Gasteiger partial charge < -0.3 is 5.11 Å². The van der Waals surface area contributed by atoms with Crippen molar-refractivity contribution in [3.8, 4) is 0 Å². The predicted octanol–water partition coefficient (Wildman–Crippen LogP) is 3.04. The third-order valence-electron chi connectivity index (χ3n) is 2.85. The van der Waals surface area contributed by atoms with Crippen LogP contribution in [-0.4, -0.2) is 17.0 Å². The number of ketones is 1. The van der Waals surface area contributed by atoms with Crippen molar-refractivity contribution in [1.82, 2.24) is 0 Å². The van der Waals surface area contributed by atoms with Crippen molar-refractivity contribution in [1.29, 1.82) is 0 Å². The van der Waals surface area contributed by atoms with Crippen molar-refractivity contribution >= 4 is 17.1 Å². The molecule has 0 spiro atoms. The highest BCUT2D eigenvalue weighted by Crippen LogP contribution is 2.22. The van der Waals surface area contributed by atoms with E-state index in [9.17, 15) is 9.90 Å². The number of aliphatic hydroxyl groups excluding tert-OH is 1. The lowest BCUT2D eigenvalue weighted by Crippen LogP contribution is -2.28. The molecule has 0 aliphatic carbocycles. The zero-order valence-corrected chi connectivity index (χ0v) is 10.3. The van der Waals surface area contributed by atoms with Gasteiger partial charge in [-0.1, -0.05) is 26.7 Å². The van der Waals surface area contributed by atoms with E-state index < -0.39 is 6.10 Å². The molecule has 1 rings (SSSR count). The van der Waals surface area contributed by atoms with Crippen LogP contribution in [0.4, 0.5) is 0 Å². The lowest BCUT2D eigenvalue weighted by Gasteiger charge is -2.18. The van der Waals surface area contributed by atoms with Gasteiger partial charge in [-0.2, -0.15) is 0 Å². The molecule has 0 saturated carbocycles. The molecule has 1 N–H and O–H groups in total. The van der Waals surface area contributed by atoms with Gasteiger partial charge in [0.2, 0.25) is 5.78 Å². The van der Waals surface area contributed by atoms with E-state index in [0.717, 1.165) is 18.4 Å². The molecule has 0 radical (unpaired) electrons. The summed E-state index contributed by atoms with van der Waals surface area (Å²) in [4.78, 5) is 12.6. The Morgan fingerprint density at radius 1 is 1.47 bits per heavy atom. The van der Waals surface area contributed by atoms with Gasteiger partial charge in [0.15, 0.2) is 0 Å². The van der Waals surface area contributed by atoms with Crippen LogP contribution >= 0.6 is 11.3 Å². The summed E-state index contributed by atoms with van der Waals surface area (Å²) in [5.74, 6) is -0.0322. The van der Waals surface area contributed by atoms with Crippen molar-refractivity contribution in [2.45, 2.75) is 39.7 Å². The van der Waals surface area contributed by atoms with E-state index in [1.54, 1.807) is 0 Å². The fraction of sp³-hybridized carbons (Fsp3) is 0.583. The number of aliphatic hydroxyl groups is 1. The van der Waals surface area contributed by atoms with Gasteiger partial charge in [-0.15, -0.1) is 11.3 Å². The standard InChI is InChI=1S/C12H18O2S/c1-4-9(5-2)10(13)11(14)12-8(3)6-7-15-12/h6-7,9-10,13H,4-5H2,1-3H3. The minimum atomic E-state index is -0.836. The first-order chi connectivity index (χ1) is 7.11. The van der Waals surface area contributed by atoms with Gasteiger partial charge >= 0.3 is 0 Å². The highest BCUT2D eigenvalue weighted by Gasteiger charge is 2.26. The van der Waals surface area contributed by atoms with Crippen molar-refractivity contribution in [3.05, 3.63) is 21.9 Å². The molecule has 0 aromatic carbocycles. The van der Waals surface area contributed by atoms with Gasteiger partial charge in [-0.3, -0.25) is 4.79 Å². The summed E-state index contributed by atoms with van der Waals surface area (Å²) in [5.41, 5.74) is 0.968. The summed E-state index contributed by atoms with van der Waals surface area (Å²) >= 11 is 1.41. The maximum atomic E-state index is 11.9. The van der Waals surface area contributed by atoms with E-state index in [1.807, 2.05) is 32.2 Å². The van der Waals surface area contributed by atoms with Crippen molar-refractivity contribution in [2.24, 2.45) is 5.92 Å². The number of thiophene rings is 1. The third-order valence-corrected chi connectivity index (χ3v) is 3.88. The smallest absolute Gasteiger partial charge is 0.201 e. The highest BCUT2D eigenvalue weighted by atomic mass is 32.1. The lowest BCUT2D eigenvalue weighted by atomic mass is 9.92. The summed E-state index contributed by atoms with van der Waals surface area (Å²) in [7, 11) is 0. The fourth-order valence-corrected chi connectivity index (χ4v) is 2.61. The Balaban J connectivity index is 2.81. The molecule has 1 aromatic heterocycles. The Bertz CT molecular complexity index is 326. The van der Waals surface area contributed by atoms with Crippen LogP contribution in [0.3, 0.4) is 0 Å². The molecule has 15 heavy (non-hydrogen) atoms. The molecule has 0 saturated heterocycles. The second-order valence-corrected chi connectivity index (χ2v) is 4.73. The molecule has 0 fully saturated rings. The predicted molar refractivity (Wildman–Crippen MR) is 63.5 cm³/mol. The van der Waals surface area contributed by atoms with E-state index in [1.165, 1.54) is 11.3 Å². The maximum Gasteiger partial charge on any atom is 0.201 e. The van der Waals surface area contributed by atoms with Gasteiger partial charge in [0.1, 0.15) is 6.10 Å². The second kappa shape index (κ2) is 5.42. The normalized spacial score (nSPS) is 13.1. The van der Waals surface area contributed by atoms with Gasteiger partial charge in [-0.25, -0.2) is 0 Å². The number of carbonyl (C=O) groups is 1. The Kier molecular flexibility index (Phi) is 4.48. The summed E-state index contributed by atoms with van der Waals surface area (Å²) in [6.07, 6.45) is 0.846. The van der Waals surface area contributed by atoms with Gasteiger partial charge in [0.05, 0.1) is 4.88 Å². The molecule has 0 amide bonds. The van der Waals surface area contributed by atoms with Crippen LogP contribution in [0.5, 0.6) is 0 Å². The van der Waals surface area contributed by atoms with E-state index in [-0.39, 0.29) is 11.7 Å². The van der Waals surface area contributed by atoms with E-state index in [0.29, 0.717) is 4.88 Å². The molecule has 1 atom stereocenters. The summed E-state index contributed by atoms with van der Waals surface area (Å²) in [6, 6.07) is 1.91. The zero-order valence-electron chi connectivity index (χ0n) is 9.49. The van der Waals surface area contributed by atoms with Crippen LogP contribution < -0.4 is 0 Å². The zero-order chi connectivity index (χ0) is 11.4. The summed E-state index contributed by atoms with van der Waals surface area (Å²) in [5, 5.41) is 11.8. The second-order valence-electron chi connectivity index (χ2n) is 3.82. The van der Waals surface area contributed by atoms with Gasteiger partial charge in [-0.05, 0) is 29.9 Å². The number of hydrogen-bond donors (Lipinski definition) is 1. The van der Waals surface area contributed by atoms with Crippen LogP contribution in [0, 0.1) is 12.8 Å². The first kappa shape index (κ1) is 12.4. The Morgan fingerprint density at radius 2 is 2.07 bits per heavy atom. The van der Waals surface area contributed by atoms with Crippen LogP contribution in [0.15, 0.2) is 11.4 Å². The monoisotopic (exact) mass is 226 g/mol. The quantitative estimate of drug-likeness (QED) is 0.784. The first-order valence-electron chi connectivity index (χ1n) is 5.38. The molecule has 1 aromatic rings. The van der Waals surface area contributed by atoms with Crippen LogP contribution in [-0.2, 0) is 0 Å². The number of Topliss-reactive ketones (excluding diaryl/α,β-unsaturated/α-hetero) is 1. The van der Waals surface area contributed by atoms with Crippen molar-refractivity contribution < 1.29 is 9.90 Å². The van der Waals surface area contributed by atoms with Crippen LogP contribution in [0.2, 0.25) is 0 Å². The molecule has 1 heterocycles. The highest BCUT2D eigenvalue weighted by molar-refractivity contribution is 7.12. The molecule has 3 heteroatoms. The molecular weight excluding hydrogens is 208 g/mol. The lowest BCUT2D eigenvalue weighted by molar-refractivity contribution is 0.0592. The Labute approximate surface area is 94.9 Å². The molecule has 0 aliphatic rings. The Hall–Kier alpha value is -0.670. The molecule has 1 unspecified atom stereocenters. The number of aryl methyl sites for hydroxylation is 1. The number of carbonyl (C=O) groups excluding carboxylic acids is 1. The average molecular weight is 226 g/mol. The largest absolute Gasteiger partial charge is 0.385 e. The number of rotatable bonds is 5. The van der Waals surface area contributed by atoms with Gasteiger partial charge in [0.25, 0.3) is 0 Å². The summed E-state index contributed by atoms with van der Waals surface area (Å²) in [6.45, 7) is 5.92. The van der Waals surface area contributed by atoms with Crippen molar-refractivity contribution in [2.75, 3.05) is 0 Å². The maximum absolute atomic E-state index is 11.9. The molecule has 0 bridgehead atoms. The van der Waals surface area contributed by atoms with E-state index >= 15 is 0 Å². The Morgan fingerprint density at radius 3 is 2.47 bits per heavy atom. The first-order valence-corrected chi connectivity index (χ1v) is 6.26.